The fraction of sp³-hybridized carbons (Fsp3) is 0.400. The number of rotatable bonds is 8. The van der Waals surface area contributed by atoms with Crippen LogP contribution in [0.4, 0.5) is 27.7 Å². The van der Waals surface area contributed by atoms with Crippen molar-refractivity contribution in [3.63, 3.8) is 0 Å². The van der Waals surface area contributed by atoms with Gasteiger partial charge >= 0.3 is 0 Å². The summed E-state index contributed by atoms with van der Waals surface area (Å²) < 4.78 is 26.7. The van der Waals surface area contributed by atoms with Gasteiger partial charge in [-0.2, -0.15) is 9.67 Å². The molecule has 0 aliphatic carbocycles. The molecule has 5 rings (SSSR count). The van der Waals surface area contributed by atoms with Gasteiger partial charge in [-0.1, -0.05) is 0 Å². The lowest BCUT2D eigenvalue weighted by atomic mass is 10.2. The standard InChI is InChI=1S/C25H30FN7O3/c26-21-17-19(5-8-22(21)36-16-11-31-9-1-2-10-31)28-25-29-24(27)30-33(25)23(34)18-3-6-20(7-4-18)32-12-14-35-15-13-32/h3-8,17H,1-2,9-16H2,(H3,27,28,29,30). The Kier molecular flexibility index (Phi) is 7.28. The van der Waals surface area contributed by atoms with E-state index in [0.29, 0.717) is 31.1 Å². The van der Waals surface area contributed by atoms with Crippen molar-refractivity contribution in [1.29, 1.82) is 0 Å². The van der Waals surface area contributed by atoms with Gasteiger partial charge in [-0.05, 0) is 62.3 Å². The Morgan fingerprint density at radius 3 is 2.56 bits per heavy atom. The summed E-state index contributed by atoms with van der Waals surface area (Å²) in [7, 11) is 0. The summed E-state index contributed by atoms with van der Waals surface area (Å²) in [5.41, 5.74) is 7.61. The van der Waals surface area contributed by atoms with Crippen molar-refractivity contribution >= 4 is 29.2 Å². The van der Waals surface area contributed by atoms with Gasteiger partial charge in [0.15, 0.2) is 11.6 Å². The van der Waals surface area contributed by atoms with E-state index in [2.05, 4.69) is 25.2 Å². The zero-order chi connectivity index (χ0) is 24.9. The predicted molar refractivity (Wildman–Crippen MR) is 134 cm³/mol. The molecule has 0 radical (unpaired) electrons. The lowest BCUT2D eigenvalue weighted by Gasteiger charge is -2.28. The van der Waals surface area contributed by atoms with Crippen LogP contribution in [0.15, 0.2) is 42.5 Å². The highest BCUT2D eigenvalue weighted by atomic mass is 19.1. The maximum absolute atomic E-state index is 14.6. The number of ether oxygens (including phenoxy) is 2. The summed E-state index contributed by atoms with van der Waals surface area (Å²) in [6.07, 6.45) is 2.40. The molecule has 2 aromatic carbocycles. The lowest BCUT2D eigenvalue weighted by molar-refractivity contribution is 0.0948. The topological polar surface area (TPSA) is 111 Å². The van der Waals surface area contributed by atoms with Crippen molar-refractivity contribution in [2.45, 2.75) is 12.8 Å². The number of nitrogens with one attached hydrogen (secondary N) is 1. The molecule has 10 nitrogen and oxygen atoms in total. The molecule has 2 fully saturated rings. The Labute approximate surface area is 208 Å². The normalized spacial score (nSPS) is 16.3. The maximum atomic E-state index is 14.6. The number of benzene rings is 2. The van der Waals surface area contributed by atoms with Crippen molar-refractivity contribution in [2.75, 3.05) is 68.5 Å². The first-order chi connectivity index (χ1) is 17.6. The van der Waals surface area contributed by atoms with Crippen molar-refractivity contribution in [3.8, 4) is 5.75 Å². The molecule has 3 aromatic rings. The van der Waals surface area contributed by atoms with Crippen LogP contribution in [0.3, 0.4) is 0 Å². The van der Waals surface area contributed by atoms with Crippen LogP contribution in [-0.4, -0.2) is 78.1 Å². The van der Waals surface area contributed by atoms with E-state index in [9.17, 15) is 9.18 Å². The molecule has 2 aliphatic rings. The molecule has 2 aliphatic heterocycles. The molecule has 0 bridgehead atoms. The van der Waals surface area contributed by atoms with Crippen LogP contribution in [0.25, 0.3) is 0 Å². The first-order valence-electron chi connectivity index (χ1n) is 12.2. The van der Waals surface area contributed by atoms with Crippen LogP contribution in [-0.2, 0) is 4.74 Å². The Balaban J connectivity index is 1.25. The molecule has 11 heteroatoms. The number of carbonyl (C=O) groups is 1. The van der Waals surface area contributed by atoms with Gasteiger partial charge in [0.2, 0.25) is 11.9 Å². The first-order valence-corrected chi connectivity index (χ1v) is 12.2. The van der Waals surface area contributed by atoms with Gasteiger partial charge in [0.1, 0.15) is 6.61 Å². The summed E-state index contributed by atoms with van der Waals surface area (Å²) in [4.78, 5) is 21.8. The largest absolute Gasteiger partial charge is 0.489 e. The minimum atomic E-state index is -0.509. The maximum Gasteiger partial charge on any atom is 0.281 e. The summed E-state index contributed by atoms with van der Waals surface area (Å²) >= 11 is 0. The number of hydrogen-bond donors (Lipinski definition) is 2. The van der Waals surface area contributed by atoms with Gasteiger partial charge in [0, 0.05) is 42.6 Å². The van der Waals surface area contributed by atoms with E-state index in [0.717, 1.165) is 43.1 Å². The van der Waals surface area contributed by atoms with Crippen LogP contribution < -0.4 is 20.7 Å². The number of nitrogens with zero attached hydrogens (tertiary/aromatic N) is 5. The third kappa shape index (κ3) is 5.58. The van der Waals surface area contributed by atoms with Crippen LogP contribution in [0.1, 0.15) is 23.2 Å². The zero-order valence-corrected chi connectivity index (χ0v) is 20.0. The van der Waals surface area contributed by atoms with Crippen LogP contribution in [0.2, 0.25) is 0 Å². The van der Waals surface area contributed by atoms with E-state index < -0.39 is 11.7 Å². The number of nitrogen functional groups attached to an aromatic ring is 1. The summed E-state index contributed by atoms with van der Waals surface area (Å²) in [5, 5.41) is 6.97. The highest BCUT2D eigenvalue weighted by Crippen LogP contribution is 2.25. The smallest absolute Gasteiger partial charge is 0.281 e. The van der Waals surface area contributed by atoms with Gasteiger partial charge in [-0.25, -0.2) is 4.39 Å². The third-order valence-corrected chi connectivity index (χ3v) is 6.36. The molecule has 3 heterocycles. The quantitative estimate of drug-likeness (QED) is 0.487. The fourth-order valence-corrected chi connectivity index (χ4v) is 4.42. The minimum Gasteiger partial charge on any atom is -0.489 e. The molecule has 2 saturated heterocycles. The van der Waals surface area contributed by atoms with Crippen LogP contribution >= 0.6 is 0 Å². The Morgan fingerprint density at radius 1 is 1.08 bits per heavy atom. The highest BCUT2D eigenvalue weighted by molar-refractivity contribution is 5.97. The molecule has 36 heavy (non-hydrogen) atoms. The average Bonchev–Trinajstić information content (AvgIpc) is 3.55. The van der Waals surface area contributed by atoms with E-state index in [1.54, 1.807) is 24.3 Å². The Hall–Kier alpha value is -3.70. The van der Waals surface area contributed by atoms with Gasteiger partial charge < -0.3 is 25.4 Å². The number of likely N-dealkylation sites (tertiary alicyclic amines) is 1. The zero-order valence-electron chi connectivity index (χ0n) is 20.0. The van der Waals surface area contributed by atoms with Gasteiger partial charge in [-0.3, -0.25) is 9.69 Å². The fourth-order valence-electron chi connectivity index (χ4n) is 4.42. The molecule has 0 spiro atoms. The van der Waals surface area contributed by atoms with Gasteiger partial charge in [0.25, 0.3) is 5.91 Å². The van der Waals surface area contributed by atoms with Crippen LogP contribution in [0, 0.1) is 5.82 Å². The van der Waals surface area contributed by atoms with E-state index >= 15 is 0 Å². The Morgan fingerprint density at radius 2 is 1.83 bits per heavy atom. The summed E-state index contributed by atoms with van der Waals surface area (Å²) in [6.45, 7) is 6.30. The van der Waals surface area contributed by atoms with E-state index in [1.807, 2.05) is 12.1 Å². The number of hydrogen-bond acceptors (Lipinski definition) is 9. The lowest BCUT2D eigenvalue weighted by Crippen LogP contribution is -2.36. The molecular formula is C25H30FN7O3. The molecule has 3 N–H and O–H groups in total. The van der Waals surface area contributed by atoms with E-state index in [-0.39, 0.29) is 17.6 Å². The minimum absolute atomic E-state index is 0.0712. The molecule has 0 unspecified atom stereocenters. The molecule has 0 atom stereocenters. The monoisotopic (exact) mass is 495 g/mol. The molecule has 0 amide bonds. The molecule has 0 saturated carbocycles. The van der Waals surface area contributed by atoms with Gasteiger partial charge in [-0.15, -0.1) is 5.10 Å². The average molecular weight is 496 g/mol. The number of halogens is 1. The number of nitrogens with two attached hydrogens (primary N) is 1. The second kappa shape index (κ2) is 10.9. The van der Waals surface area contributed by atoms with Crippen molar-refractivity contribution in [1.82, 2.24) is 19.7 Å². The number of anilines is 4. The van der Waals surface area contributed by atoms with Crippen LogP contribution in [0.5, 0.6) is 5.75 Å². The molecule has 190 valence electrons. The number of carbonyl (C=O) groups excluding carboxylic acids is 1. The summed E-state index contributed by atoms with van der Waals surface area (Å²) in [6, 6.07) is 11.8. The first kappa shape index (κ1) is 24.0. The summed E-state index contributed by atoms with van der Waals surface area (Å²) in [5.74, 6) is -0.713. The highest BCUT2D eigenvalue weighted by Gasteiger charge is 2.19. The third-order valence-electron chi connectivity index (χ3n) is 6.36. The number of aromatic nitrogens is 3. The van der Waals surface area contributed by atoms with Gasteiger partial charge in [0.05, 0.1) is 13.2 Å². The number of morpholine rings is 1. The second-order valence-electron chi connectivity index (χ2n) is 8.82. The van der Waals surface area contributed by atoms with Crippen molar-refractivity contribution in [2.24, 2.45) is 0 Å². The molecule has 1 aromatic heterocycles. The van der Waals surface area contributed by atoms with E-state index in [1.165, 1.54) is 18.9 Å². The Bertz CT molecular complexity index is 1190. The SMILES string of the molecule is Nc1nc(Nc2ccc(OCCN3CCCC3)c(F)c2)n(C(=O)c2ccc(N3CCOCC3)cc2)n1. The second-order valence-corrected chi connectivity index (χ2v) is 8.82. The van der Waals surface area contributed by atoms with Crippen molar-refractivity contribution < 1.29 is 18.7 Å². The predicted octanol–water partition coefficient (Wildman–Crippen LogP) is 2.74. The molecular weight excluding hydrogens is 465 g/mol. The van der Waals surface area contributed by atoms with E-state index in [4.69, 9.17) is 15.2 Å². The van der Waals surface area contributed by atoms with Crippen molar-refractivity contribution in [3.05, 3.63) is 53.8 Å².